The molecule has 4 rings (SSSR count). The first-order valence-electron chi connectivity index (χ1n) is 20.1. The maximum Gasteiger partial charge on any atom is 0.408 e. The first kappa shape index (κ1) is 38.9. The van der Waals surface area contributed by atoms with Gasteiger partial charge in [0.25, 0.3) is 0 Å². The highest BCUT2D eigenvalue weighted by atomic mass is 28.5. The summed E-state index contributed by atoms with van der Waals surface area (Å²) in [4.78, 5) is 37.9. The van der Waals surface area contributed by atoms with Crippen LogP contribution < -0.4 is 5.32 Å². The molecule has 1 N–H and O–H groups in total. The van der Waals surface area contributed by atoms with Crippen LogP contribution in [0.15, 0.2) is 23.4 Å². The molecule has 54 heavy (non-hydrogen) atoms. The molecule has 15 nitrogen and oxygen atoms in total. The predicted molar refractivity (Wildman–Crippen MR) is 209 cm³/mol. The molecule has 0 spiro atoms. The van der Waals surface area contributed by atoms with Crippen LogP contribution in [0.5, 0.6) is 0 Å². The van der Waals surface area contributed by atoms with Crippen LogP contribution in [0.25, 0.3) is 5.52 Å². The van der Waals surface area contributed by atoms with Crippen molar-refractivity contribution < 1.29 is 40.9 Å². The maximum absolute atomic E-state index is 14.5. The van der Waals surface area contributed by atoms with Gasteiger partial charge < -0.3 is 37.4 Å². The zero-order chi connectivity index (χ0) is 43.2. The molecule has 300 valence electrons. The molecular weight excluding hydrogens is 727 g/mol. The average Bonchev–Trinajstić information content (AvgIpc) is 3.58. The predicted octanol–water partition coefficient (Wildman–Crippen LogP) is 6.49. The Morgan fingerprint density at radius 1 is 1.13 bits per heavy atom. The third-order valence-corrected chi connectivity index (χ3v) is 19.7. The van der Waals surface area contributed by atoms with Gasteiger partial charge in [-0.1, -0.05) is 69.2 Å². The van der Waals surface area contributed by atoms with Crippen molar-refractivity contribution in [3.8, 4) is 6.07 Å². The quantitative estimate of drug-likeness (QED) is 0.114. The van der Waals surface area contributed by atoms with Crippen molar-refractivity contribution in [1.29, 1.82) is 5.26 Å². The Morgan fingerprint density at radius 3 is 2.26 bits per heavy atom. The number of fused-ring (bicyclic) bond motifs is 2. The van der Waals surface area contributed by atoms with Crippen molar-refractivity contribution in [3.63, 3.8) is 0 Å². The Morgan fingerprint density at radius 2 is 1.74 bits per heavy atom. The van der Waals surface area contributed by atoms with E-state index in [2.05, 4.69) is 26.5 Å². The van der Waals surface area contributed by atoms with Gasteiger partial charge in [0.1, 0.15) is 41.8 Å². The summed E-state index contributed by atoms with van der Waals surface area (Å²) in [5.41, 5.74) is -4.13. The first-order chi connectivity index (χ1) is 26.2. The smallest absolute Gasteiger partial charge is 0.408 e. The summed E-state index contributed by atoms with van der Waals surface area (Å²) in [5.74, 6) is -1.37. The first-order valence-corrected chi connectivity index (χ1v) is 22.6. The summed E-state index contributed by atoms with van der Waals surface area (Å²) >= 11 is 0. The van der Waals surface area contributed by atoms with E-state index < -0.39 is 77.2 Å². The highest BCUT2D eigenvalue weighted by Crippen LogP contribution is 2.51. The molecule has 5 atom stereocenters. The SMILES string of the molecule is [2H]c1cc([C@]2(C#N)O[C@H]3[C@@H](O[Si](C(C)C)(C(C)C)O[Si](C(C)C)(C(C)C)OC3([2H])[2H])[C@H]2OC(=O)[C@@H](NC(=O)OC(C)(C)C)C(C)C)n2ncnc(N=CN(C)C)c12. The Bertz CT molecular complexity index is 1850. The minimum absolute atomic E-state index is 0.0580. The van der Waals surface area contributed by atoms with Crippen LogP contribution in [0, 0.1) is 17.2 Å². The number of hydrogen-bond acceptors (Lipinski definition) is 12. The molecule has 4 heterocycles. The molecule has 1 amide bonds. The number of aliphatic imine (C=N–C) groups is 1. The molecule has 0 aromatic carbocycles. The number of nitrogens with zero attached hydrogens (tertiary/aromatic N) is 6. The monoisotopic (exact) mass is 790 g/mol. The van der Waals surface area contributed by atoms with Gasteiger partial charge in [-0.3, -0.25) is 0 Å². The van der Waals surface area contributed by atoms with Gasteiger partial charge in [0.15, 0.2) is 11.9 Å². The number of amides is 1. The molecule has 2 aliphatic rings. The standard InChI is InChI=1S/C37H61N7O8Si2/c1-22(2)30(42-35(46)50-36(11,12)13)34(45)48-32-31-28(18-47-53(23(3)4,24(5)6)52-54(51-31,25(7)8)26(9)10)49-37(32,19-38)29-17-16-27-33(40-21-43(14)15)39-20-41-44(27)29/h16-17,20-26,28,30-32H,18H2,1-15H3,(H,42,46)/t28-,30+,31-,32-,37+/m1/s1/i16D,18D2. The van der Waals surface area contributed by atoms with Gasteiger partial charge in [0.2, 0.25) is 5.60 Å². The second-order valence-corrected chi connectivity index (χ2v) is 25.6. The molecule has 2 aliphatic heterocycles. The number of aromatic nitrogens is 3. The van der Waals surface area contributed by atoms with E-state index in [-0.39, 0.29) is 45.2 Å². The average molecular weight is 791 g/mol. The molecule has 2 fully saturated rings. The van der Waals surface area contributed by atoms with Gasteiger partial charge in [-0.25, -0.2) is 24.1 Å². The summed E-state index contributed by atoms with van der Waals surface area (Å²) in [6.45, 7) is 21.5. The lowest BCUT2D eigenvalue weighted by atomic mass is 9.92. The van der Waals surface area contributed by atoms with Crippen molar-refractivity contribution in [1.82, 2.24) is 24.8 Å². The Hall–Kier alpha value is -3.41. The van der Waals surface area contributed by atoms with Crippen molar-refractivity contribution in [2.75, 3.05) is 20.7 Å². The number of rotatable bonds is 11. The minimum atomic E-state index is -3.57. The molecule has 0 radical (unpaired) electrons. The normalized spacial score (nSPS) is 26.6. The van der Waals surface area contributed by atoms with Crippen LogP contribution in [0.3, 0.4) is 0 Å². The van der Waals surface area contributed by atoms with Crippen LogP contribution in [-0.2, 0) is 37.6 Å². The Kier molecular flexibility index (Phi) is 11.8. The van der Waals surface area contributed by atoms with Crippen LogP contribution in [0.4, 0.5) is 10.6 Å². The zero-order valence-electron chi connectivity index (χ0n) is 37.4. The van der Waals surface area contributed by atoms with Gasteiger partial charge in [-0.05, 0) is 61.0 Å². The summed E-state index contributed by atoms with van der Waals surface area (Å²) in [6.07, 6.45) is -3.04. The number of esters is 1. The summed E-state index contributed by atoms with van der Waals surface area (Å²) < 4.78 is 69.3. The molecule has 2 saturated heterocycles. The fraction of sp³-hybridized carbons (Fsp3) is 0.730. The number of ether oxygens (including phenoxy) is 3. The fourth-order valence-electron chi connectivity index (χ4n) is 6.92. The van der Waals surface area contributed by atoms with Gasteiger partial charge >= 0.3 is 29.2 Å². The van der Waals surface area contributed by atoms with Crippen molar-refractivity contribution in [3.05, 3.63) is 24.1 Å². The molecule has 0 bridgehead atoms. The van der Waals surface area contributed by atoms with Crippen LogP contribution in [-0.4, -0.2) is 106 Å². The molecule has 17 heteroatoms. The maximum atomic E-state index is 14.5. The number of alkyl carbamates (subject to hydrolysis) is 1. The van der Waals surface area contributed by atoms with E-state index in [0.29, 0.717) is 0 Å². The molecule has 0 unspecified atom stereocenters. The van der Waals surface area contributed by atoms with Crippen LogP contribution in [0.2, 0.25) is 22.2 Å². The molecule has 2 aromatic rings. The van der Waals surface area contributed by atoms with Crippen molar-refractivity contribution in [2.45, 2.75) is 148 Å². The van der Waals surface area contributed by atoms with Crippen LogP contribution >= 0.6 is 0 Å². The lowest BCUT2D eigenvalue weighted by molar-refractivity contribution is -0.163. The summed E-state index contributed by atoms with van der Waals surface area (Å²) in [6, 6.07) is 2.14. The zero-order valence-corrected chi connectivity index (χ0v) is 36.4. The van der Waals surface area contributed by atoms with E-state index in [0.717, 1.165) is 0 Å². The summed E-state index contributed by atoms with van der Waals surface area (Å²) in [5, 5.41) is 18.4. The largest absolute Gasteiger partial charge is 0.453 e. The van der Waals surface area contributed by atoms with Gasteiger partial charge in [-0.15, -0.1) is 0 Å². The fourth-order valence-corrected chi connectivity index (χ4v) is 17.7. The number of hydrogen-bond donors (Lipinski definition) is 1. The van der Waals surface area contributed by atoms with Gasteiger partial charge in [0.05, 0.1) is 22.7 Å². The Balaban J connectivity index is 2.06. The lowest BCUT2D eigenvalue weighted by Gasteiger charge is -2.51. The number of carbonyl (C=O) groups excluding carboxylic acids is 2. The Labute approximate surface area is 326 Å². The molecule has 0 saturated carbocycles. The molecular formula is C37H61N7O8Si2. The third kappa shape index (κ3) is 8.38. The highest BCUT2D eigenvalue weighted by molar-refractivity contribution is 6.84. The van der Waals surface area contributed by atoms with E-state index in [1.165, 1.54) is 23.2 Å². The van der Waals surface area contributed by atoms with Crippen molar-refractivity contribution in [2.24, 2.45) is 10.9 Å². The molecule has 2 aromatic heterocycles. The second-order valence-electron chi connectivity index (χ2n) is 16.8. The van der Waals surface area contributed by atoms with E-state index in [1.807, 2.05) is 55.4 Å². The van der Waals surface area contributed by atoms with Crippen LogP contribution in [0.1, 0.15) is 99.8 Å². The van der Waals surface area contributed by atoms with Gasteiger partial charge in [-0.2, -0.15) is 10.4 Å². The third-order valence-electron chi connectivity index (χ3n) is 9.64. The van der Waals surface area contributed by atoms with Gasteiger partial charge in [0, 0.05) is 14.1 Å². The minimum Gasteiger partial charge on any atom is -0.453 e. The lowest BCUT2D eigenvalue weighted by Crippen LogP contribution is -2.66. The van der Waals surface area contributed by atoms with E-state index >= 15 is 0 Å². The topological polar surface area (TPSA) is 171 Å². The second kappa shape index (κ2) is 16.4. The summed E-state index contributed by atoms with van der Waals surface area (Å²) in [7, 11) is -3.58. The highest BCUT2D eigenvalue weighted by Gasteiger charge is 2.67. The number of nitriles is 1. The molecule has 0 aliphatic carbocycles. The number of nitrogens with one attached hydrogen (secondary N) is 1. The van der Waals surface area contributed by atoms with E-state index in [1.54, 1.807) is 53.6 Å². The van der Waals surface area contributed by atoms with E-state index in [9.17, 15) is 17.6 Å². The van der Waals surface area contributed by atoms with Crippen molar-refractivity contribution >= 4 is 46.9 Å². The number of carbonyl (C=O) groups is 2. The van der Waals surface area contributed by atoms with E-state index in [4.69, 9.17) is 28.5 Å².